The second kappa shape index (κ2) is 7.97. The molecular weight excluding hydrogens is 340 g/mol. The first kappa shape index (κ1) is 19.4. The van der Waals surface area contributed by atoms with Crippen molar-refractivity contribution in [1.29, 1.82) is 0 Å². The Labute approximate surface area is 153 Å². The van der Waals surface area contributed by atoms with E-state index in [9.17, 15) is 9.59 Å². The van der Waals surface area contributed by atoms with Crippen molar-refractivity contribution in [3.63, 3.8) is 0 Å². The van der Waals surface area contributed by atoms with Gasteiger partial charge in [0.05, 0.1) is 5.39 Å². The van der Waals surface area contributed by atoms with Gasteiger partial charge in [0.1, 0.15) is 0 Å². The number of nitrogens with zero attached hydrogens (tertiary/aromatic N) is 3. The molecule has 1 aromatic carbocycles. The molecule has 0 bridgehead atoms. The Morgan fingerprint density at radius 1 is 1.32 bits per heavy atom. The lowest BCUT2D eigenvalue weighted by Gasteiger charge is -2.24. The molecule has 1 saturated heterocycles. The molecule has 6 nitrogen and oxygen atoms in total. The van der Waals surface area contributed by atoms with Crippen molar-refractivity contribution in [2.24, 2.45) is 11.7 Å². The van der Waals surface area contributed by atoms with Crippen LogP contribution in [0.2, 0.25) is 0 Å². The summed E-state index contributed by atoms with van der Waals surface area (Å²) in [6.07, 6.45) is 1.88. The molecule has 7 heteroatoms. The van der Waals surface area contributed by atoms with Crippen LogP contribution in [0, 0.1) is 5.92 Å². The van der Waals surface area contributed by atoms with E-state index in [0.29, 0.717) is 36.1 Å². The molecule has 1 aliphatic rings. The Bertz CT molecular complexity index is 818. The van der Waals surface area contributed by atoms with Gasteiger partial charge in [0.15, 0.2) is 5.69 Å². The number of carbonyl (C=O) groups is 1. The van der Waals surface area contributed by atoms with Crippen molar-refractivity contribution in [3.8, 4) is 0 Å². The molecule has 1 aromatic heterocycles. The van der Waals surface area contributed by atoms with Crippen LogP contribution in [0.4, 0.5) is 0 Å². The number of likely N-dealkylation sites (tertiary alicyclic amines) is 1. The number of amides is 1. The quantitative estimate of drug-likeness (QED) is 0.900. The molecule has 1 amide bonds. The van der Waals surface area contributed by atoms with E-state index in [-0.39, 0.29) is 35.8 Å². The average Bonchev–Trinajstić information content (AvgIpc) is 3.05. The number of aromatic nitrogens is 2. The van der Waals surface area contributed by atoms with E-state index in [1.54, 1.807) is 17.0 Å². The molecule has 1 fully saturated rings. The molecule has 0 spiro atoms. The fourth-order valence-electron chi connectivity index (χ4n) is 3.35. The summed E-state index contributed by atoms with van der Waals surface area (Å²) in [6.45, 7) is 5.69. The Morgan fingerprint density at radius 3 is 2.64 bits per heavy atom. The fourth-order valence-corrected chi connectivity index (χ4v) is 3.35. The van der Waals surface area contributed by atoms with E-state index in [4.69, 9.17) is 5.73 Å². The number of nitrogens with two attached hydrogens (primary N) is 1. The summed E-state index contributed by atoms with van der Waals surface area (Å²) in [5.41, 5.74) is 6.01. The summed E-state index contributed by atoms with van der Waals surface area (Å²) in [6, 6.07) is 7.26. The minimum absolute atomic E-state index is 0. The van der Waals surface area contributed by atoms with Gasteiger partial charge in [0.25, 0.3) is 11.5 Å². The monoisotopic (exact) mass is 364 g/mol. The number of hydrogen-bond donors (Lipinski definition) is 1. The Kier molecular flexibility index (Phi) is 6.19. The molecule has 1 unspecified atom stereocenters. The van der Waals surface area contributed by atoms with Gasteiger partial charge < -0.3 is 10.6 Å². The predicted octanol–water partition coefficient (Wildman–Crippen LogP) is 2.04. The lowest BCUT2D eigenvalue weighted by molar-refractivity contribution is 0.0734. The van der Waals surface area contributed by atoms with E-state index in [2.05, 4.69) is 5.10 Å². The zero-order valence-electron chi connectivity index (χ0n) is 14.6. The Hall–Kier alpha value is -1.92. The van der Waals surface area contributed by atoms with Gasteiger partial charge in [-0.05, 0) is 24.8 Å². The molecule has 25 heavy (non-hydrogen) atoms. The van der Waals surface area contributed by atoms with Crippen LogP contribution in [0.5, 0.6) is 0 Å². The lowest BCUT2D eigenvalue weighted by Crippen LogP contribution is -2.41. The number of hydrogen-bond acceptors (Lipinski definition) is 4. The number of benzene rings is 1. The molecular formula is C18H25ClN4O2. The molecule has 2 aromatic rings. The fraction of sp³-hybridized carbons (Fsp3) is 0.500. The number of carbonyl (C=O) groups excluding carboxylic acids is 1. The van der Waals surface area contributed by atoms with Crippen LogP contribution < -0.4 is 11.3 Å². The molecule has 136 valence electrons. The maximum absolute atomic E-state index is 13.1. The minimum atomic E-state index is -0.146. The van der Waals surface area contributed by atoms with E-state index in [0.717, 1.165) is 12.8 Å². The largest absolute Gasteiger partial charge is 0.333 e. The number of rotatable bonds is 4. The first-order valence-corrected chi connectivity index (χ1v) is 8.53. The van der Waals surface area contributed by atoms with Gasteiger partial charge in [0.2, 0.25) is 0 Å². The third-order valence-electron chi connectivity index (χ3n) is 4.52. The van der Waals surface area contributed by atoms with Crippen LogP contribution in [0.25, 0.3) is 10.8 Å². The third kappa shape index (κ3) is 3.70. The first-order chi connectivity index (χ1) is 11.5. The van der Waals surface area contributed by atoms with Crippen LogP contribution >= 0.6 is 12.4 Å². The van der Waals surface area contributed by atoms with Gasteiger partial charge in [-0.1, -0.05) is 32.0 Å². The van der Waals surface area contributed by atoms with Gasteiger partial charge in [-0.3, -0.25) is 9.59 Å². The highest BCUT2D eigenvalue weighted by molar-refractivity contribution is 6.05. The highest BCUT2D eigenvalue weighted by Crippen LogP contribution is 2.22. The summed E-state index contributed by atoms with van der Waals surface area (Å²) in [5, 5.41) is 5.59. The molecule has 2 heterocycles. The second-order valence-corrected chi connectivity index (χ2v) is 6.81. The van der Waals surface area contributed by atoms with Gasteiger partial charge in [-0.2, -0.15) is 5.10 Å². The highest BCUT2D eigenvalue weighted by atomic mass is 35.5. The Balaban J connectivity index is 0.00000225. The molecule has 0 aliphatic carbocycles. The van der Waals surface area contributed by atoms with Crippen LogP contribution in [0.3, 0.4) is 0 Å². The number of halogens is 1. The normalized spacial score (nSPS) is 17.1. The highest BCUT2D eigenvalue weighted by Gasteiger charge is 2.30. The molecule has 2 N–H and O–H groups in total. The SMILES string of the molecule is CC(C)Cn1nc(C(=O)N2CCCC2CN)c2ccccc2c1=O.Cl. The summed E-state index contributed by atoms with van der Waals surface area (Å²) < 4.78 is 1.42. The van der Waals surface area contributed by atoms with Crippen molar-refractivity contribution in [2.75, 3.05) is 13.1 Å². The topological polar surface area (TPSA) is 81.2 Å². The van der Waals surface area contributed by atoms with Crippen molar-refractivity contribution < 1.29 is 4.79 Å². The number of fused-ring (bicyclic) bond motifs is 1. The maximum Gasteiger partial charge on any atom is 0.275 e. The summed E-state index contributed by atoms with van der Waals surface area (Å²) in [7, 11) is 0. The van der Waals surface area contributed by atoms with Gasteiger partial charge >= 0.3 is 0 Å². The molecule has 1 atom stereocenters. The predicted molar refractivity (Wildman–Crippen MR) is 101 cm³/mol. The lowest BCUT2D eigenvalue weighted by atomic mass is 10.1. The van der Waals surface area contributed by atoms with Crippen LogP contribution in [-0.4, -0.2) is 39.7 Å². The van der Waals surface area contributed by atoms with E-state index in [1.807, 2.05) is 26.0 Å². The minimum Gasteiger partial charge on any atom is -0.333 e. The van der Waals surface area contributed by atoms with Crippen LogP contribution in [0.15, 0.2) is 29.1 Å². The van der Waals surface area contributed by atoms with Crippen LogP contribution in [-0.2, 0) is 6.54 Å². The van der Waals surface area contributed by atoms with Gasteiger partial charge in [-0.15, -0.1) is 12.4 Å². The smallest absolute Gasteiger partial charge is 0.275 e. The standard InChI is InChI=1S/C18H24N4O2.ClH/c1-12(2)11-22-17(23)15-8-4-3-7-14(15)16(20-22)18(24)21-9-5-6-13(21)10-19;/h3-4,7-8,12-13H,5-6,9-11,19H2,1-2H3;1H. The molecule has 0 saturated carbocycles. The zero-order valence-corrected chi connectivity index (χ0v) is 15.5. The van der Waals surface area contributed by atoms with E-state index in [1.165, 1.54) is 4.68 Å². The van der Waals surface area contributed by atoms with E-state index < -0.39 is 0 Å². The molecule has 3 rings (SSSR count). The van der Waals surface area contributed by atoms with Gasteiger partial charge in [-0.25, -0.2) is 4.68 Å². The summed E-state index contributed by atoms with van der Waals surface area (Å²) in [5.74, 6) is 0.138. The van der Waals surface area contributed by atoms with Crippen LogP contribution in [0.1, 0.15) is 37.2 Å². The van der Waals surface area contributed by atoms with Gasteiger partial charge in [0, 0.05) is 31.1 Å². The zero-order chi connectivity index (χ0) is 17.3. The average molecular weight is 365 g/mol. The third-order valence-corrected chi connectivity index (χ3v) is 4.52. The second-order valence-electron chi connectivity index (χ2n) is 6.81. The van der Waals surface area contributed by atoms with Crippen molar-refractivity contribution >= 4 is 29.1 Å². The van der Waals surface area contributed by atoms with Crippen molar-refractivity contribution in [2.45, 2.75) is 39.3 Å². The summed E-state index contributed by atoms with van der Waals surface area (Å²) in [4.78, 5) is 27.5. The summed E-state index contributed by atoms with van der Waals surface area (Å²) >= 11 is 0. The molecule has 0 radical (unpaired) electrons. The first-order valence-electron chi connectivity index (χ1n) is 8.53. The Morgan fingerprint density at radius 2 is 2.00 bits per heavy atom. The van der Waals surface area contributed by atoms with Crippen molar-refractivity contribution in [3.05, 3.63) is 40.3 Å². The van der Waals surface area contributed by atoms with Crippen molar-refractivity contribution in [1.82, 2.24) is 14.7 Å². The molecule has 1 aliphatic heterocycles. The maximum atomic E-state index is 13.1. The van der Waals surface area contributed by atoms with E-state index >= 15 is 0 Å².